The molecule has 0 spiro atoms. The van der Waals surface area contributed by atoms with Crippen molar-refractivity contribution in [2.75, 3.05) is 6.54 Å². The lowest BCUT2D eigenvalue weighted by atomic mass is 9.95. The molecule has 0 radical (unpaired) electrons. The normalized spacial score (nSPS) is 12.5. The minimum Gasteiger partial charge on any atom is -0.306 e. The van der Waals surface area contributed by atoms with Crippen molar-refractivity contribution < 1.29 is 0 Å². The number of nitrogens with one attached hydrogen (secondary N) is 1. The molecule has 1 aromatic heterocycles. The summed E-state index contributed by atoms with van der Waals surface area (Å²) in [5.41, 5.74) is 4.05. The first-order valence-electron chi connectivity index (χ1n) is 8.13. The van der Waals surface area contributed by atoms with Gasteiger partial charge in [0.05, 0.1) is 12.2 Å². The van der Waals surface area contributed by atoms with Crippen LogP contribution in [0.15, 0.2) is 36.7 Å². The Morgan fingerprint density at radius 2 is 1.95 bits per heavy atom. The maximum atomic E-state index is 4.49. The molecule has 0 saturated heterocycles. The molecule has 0 aliphatic carbocycles. The van der Waals surface area contributed by atoms with E-state index < -0.39 is 0 Å². The van der Waals surface area contributed by atoms with Gasteiger partial charge < -0.3 is 5.32 Å². The standard InChI is InChI=1S/C18H27N3/c1-4-11-19-18(16-13-20-21(14-16)12-5-2)17-10-8-7-9-15(17)6-3/h7-10,13-14,18-19H,4-6,11-12H2,1-3H3. The minimum atomic E-state index is 0.242. The summed E-state index contributed by atoms with van der Waals surface area (Å²) in [5.74, 6) is 0. The van der Waals surface area contributed by atoms with Crippen molar-refractivity contribution in [2.24, 2.45) is 0 Å². The fraction of sp³-hybridized carbons (Fsp3) is 0.500. The Bertz CT molecular complexity index is 545. The first kappa shape index (κ1) is 15.8. The van der Waals surface area contributed by atoms with Crippen LogP contribution in [0, 0.1) is 0 Å². The fourth-order valence-electron chi connectivity index (χ4n) is 2.71. The smallest absolute Gasteiger partial charge is 0.0610 e. The number of hydrogen-bond donors (Lipinski definition) is 1. The Morgan fingerprint density at radius 3 is 2.67 bits per heavy atom. The maximum Gasteiger partial charge on any atom is 0.0610 e. The topological polar surface area (TPSA) is 29.9 Å². The van der Waals surface area contributed by atoms with Gasteiger partial charge in [-0.05, 0) is 36.9 Å². The van der Waals surface area contributed by atoms with Gasteiger partial charge in [-0.1, -0.05) is 45.0 Å². The van der Waals surface area contributed by atoms with Gasteiger partial charge in [-0.2, -0.15) is 5.10 Å². The number of benzene rings is 1. The highest BCUT2D eigenvalue weighted by Gasteiger charge is 2.17. The van der Waals surface area contributed by atoms with Gasteiger partial charge in [0.1, 0.15) is 0 Å². The van der Waals surface area contributed by atoms with Crippen LogP contribution in [0.5, 0.6) is 0 Å². The van der Waals surface area contributed by atoms with Crippen molar-refractivity contribution in [3.8, 4) is 0 Å². The number of rotatable bonds is 8. The van der Waals surface area contributed by atoms with Gasteiger partial charge in [0.2, 0.25) is 0 Å². The Hall–Kier alpha value is -1.61. The van der Waals surface area contributed by atoms with E-state index in [2.05, 4.69) is 61.6 Å². The van der Waals surface area contributed by atoms with E-state index in [-0.39, 0.29) is 6.04 Å². The third kappa shape index (κ3) is 3.94. The van der Waals surface area contributed by atoms with Crippen LogP contribution in [0.2, 0.25) is 0 Å². The number of nitrogens with zero attached hydrogens (tertiary/aromatic N) is 2. The Kier molecular flexibility index (Phi) is 6.00. The molecule has 2 rings (SSSR count). The lowest BCUT2D eigenvalue weighted by molar-refractivity contribution is 0.586. The summed E-state index contributed by atoms with van der Waals surface area (Å²) >= 11 is 0. The van der Waals surface area contributed by atoms with Crippen LogP contribution in [0.1, 0.15) is 56.3 Å². The molecule has 21 heavy (non-hydrogen) atoms. The third-order valence-corrected chi connectivity index (χ3v) is 3.78. The van der Waals surface area contributed by atoms with Crippen LogP contribution in [0.4, 0.5) is 0 Å². The van der Waals surface area contributed by atoms with Crippen LogP contribution in [0.3, 0.4) is 0 Å². The van der Waals surface area contributed by atoms with Gasteiger partial charge in [-0.15, -0.1) is 0 Å². The molecule has 1 unspecified atom stereocenters. The van der Waals surface area contributed by atoms with E-state index in [1.54, 1.807) is 0 Å². The molecule has 3 heteroatoms. The lowest BCUT2D eigenvalue weighted by Crippen LogP contribution is -2.24. The van der Waals surface area contributed by atoms with Gasteiger partial charge >= 0.3 is 0 Å². The Morgan fingerprint density at radius 1 is 1.14 bits per heavy atom. The molecule has 0 aliphatic rings. The van der Waals surface area contributed by atoms with E-state index in [4.69, 9.17) is 0 Å². The first-order chi connectivity index (χ1) is 10.3. The number of aromatic nitrogens is 2. The summed E-state index contributed by atoms with van der Waals surface area (Å²) in [6.45, 7) is 8.60. The predicted molar refractivity (Wildman–Crippen MR) is 88.5 cm³/mol. The average molecular weight is 285 g/mol. The third-order valence-electron chi connectivity index (χ3n) is 3.78. The summed E-state index contributed by atoms with van der Waals surface area (Å²) in [4.78, 5) is 0. The molecule has 0 aliphatic heterocycles. The van der Waals surface area contributed by atoms with Crippen molar-refractivity contribution >= 4 is 0 Å². The maximum absolute atomic E-state index is 4.49. The summed E-state index contributed by atoms with van der Waals surface area (Å²) < 4.78 is 2.05. The van der Waals surface area contributed by atoms with Crippen LogP contribution >= 0.6 is 0 Å². The molecule has 1 heterocycles. The summed E-state index contributed by atoms with van der Waals surface area (Å²) in [6, 6.07) is 8.97. The fourth-order valence-corrected chi connectivity index (χ4v) is 2.71. The summed E-state index contributed by atoms with van der Waals surface area (Å²) in [5, 5.41) is 8.17. The summed E-state index contributed by atoms with van der Waals surface area (Å²) in [6.07, 6.45) is 7.50. The van der Waals surface area contributed by atoms with E-state index in [1.807, 2.05) is 10.9 Å². The van der Waals surface area contributed by atoms with Crippen molar-refractivity contribution in [1.82, 2.24) is 15.1 Å². The molecule has 0 bridgehead atoms. The molecule has 2 aromatic rings. The Labute approximate surface area is 128 Å². The van der Waals surface area contributed by atoms with Gasteiger partial charge in [-0.25, -0.2) is 0 Å². The second-order valence-corrected chi connectivity index (χ2v) is 5.48. The number of aryl methyl sites for hydroxylation is 2. The molecule has 1 N–H and O–H groups in total. The van der Waals surface area contributed by atoms with Gasteiger partial charge in [0, 0.05) is 18.3 Å². The first-order valence-corrected chi connectivity index (χ1v) is 8.13. The van der Waals surface area contributed by atoms with Crippen molar-refractivity contribution in [1.29, 1.82) is 0 Å². The van der Waals surface area contributed by atoms with Gasteiger partial charge in [0.15, 0.2) is 0 Å². The molecular weight excluding hydrogens is 258 g/mol. The lowest BCUT2D eigenvalue weighted by Gasteiger charge is -2.20. The van der Waals surface area contributed by atoms with Crippen LogP contribution in [-0.2, 0) is 13.0 Å². The van der Waals surface area contributed by atoms with Gasteiger partial charge in [-0.3, -0.25) is 4.68 Å². The largest absolute Gasteiger partial charge is 0.306 e. The van der Waals surface area contributed by atoms with Crippen molar-refractivity contribution in [3.05, 3.63) is 53.3 Å². The molecule has 1 atom stereocenters. The zero-order valence-corrected chi connectivity index (χ0v) is 13.5. The highest BCUT2D eigenvalue weighted by Crippen LogP contribution is 2.25. The SMILES string of the molecule is CCCNC(c1cnn(CCC)c1)c1ccccc1CC. The van der Waals surface area contributed by atoms with Crippen LogP contribution < -0.4 is 5.32 Å². The van der Waals surface area contributed by atoms with E-state index in [1.165, 1.54) is 16.7 Å². The molecule has 1 aromatic carbocycles. The monoisotopic (exact) mass is 285 g/mol. The molecule has 0 saturated carbocycles. The molecule has 0 amide bonds. The van der Waals surface area contributed by atoms with Gasteiger partial charge in [0.25, 0.3) is 0 Å². The van der Waals surface area contributed by atoms with E-state index >= 15 is 0 Å². The quantitative estimate of drug-likeness (QED) is 0.796. The van der Waals surface area contributed by atoms with Crippen molar-refractivity contribution in [2.45, 2.75) is 52.6 Å². The predicted octanol–water partition coefficient (Wildman–Crippen LogP) is 3.94. The van der Waals surface area contributed by atoms with E-state index in [0.717, 1.165) is 32.4 Å². The van der Waals surface area contributed by atoms with E-state index in [0.29, 0.717) is 0 Å². The second kappa shape index (κ2) is 7.99. The van der Waals surface area contributed by atoms with Crippen LogP contribution in [-0.4, -0.2) is 16.3 Å². The zero-order valence-electron chi connectivity index (χ0n) is 13.5. The average Bonchev–Trinajstić information content (AvgIpc) is 2.97. The number of hydrogen-bond acceptors (Lipinski definition) is 2. The highest BCUT2D eigenvalue weighted by atomic mass is 15.3. The van der Waals surface area contributed by atoms with Crippen LogP contribution in [0.25, 0.3) is 0 Å². The summed E-state index contributed by atoms with van der Waals surface area (Å²) in [7, 11) is 0. The van der Waals surface area contributed by atoms with E-state index in [9.17, 15) is 0 Å². The minimum absolute atomic E-state index is 0.242. The zero-order chi connectivity index (χ0) is 15.1. The highest BCUT2D eigenvalue weighted by molar-refractivity contribution is 5.36. The Balaban J connectivity index is 2.32. The molecular formula is C18H27N3. The molecule has 0 fully saturated rings. The second-order valence-electron chi connectivity index (χ2n) is 5.48. The van der Waals surface area contributed by atoms with Crippen molar-refractivity contribution in [3.63, 3.8) is 0 Å². The molecule has 3 nitrogen and oxygen atoms in total. The molecule has 114 valence electrons.